The average Bonchev–Trinajstić information content (AvgIpc) is 3.05. The Labute approximate surface area is 135 Å². The number of carbonyl (C=O) groups excluding carboxylic acids is 2. The molecule has 0 spiro atoms. The zero-order valence-corrected chi connectivity index (χ0v) is 12.9. The maximum absolute atomic E-state index is 12.0. The van der Waals surface area contributed by atoms with Gasteiger partial charge in [0.2, 0.25) is 0 Å². The second-order valence-electron chi connectivity index (χ2n) is 5.83. The monoisotopic (exact) mass is 312 g/mol. The van der Waals surface area contributed by atoms with Crippen LogP contribution in [0.15, 0.2) is 40.8 Å². The number of nitrogens with one attached hydrogen (secondary N) is 2. The van der Waals surface area contributed by atoms with Crippen LogP contribution < -0.4 is 10.6 Å². The van der Waals surface area contributed by atoms with Crippen molar-refractivity contribution in [1.29, 1.82) is 0 Å². The Morgan fingerprint density at radius 1 is 1.04 bits per heavy atom. The Bertz CT molecular complexity index is 670. The van der Waals surface area contributed by atoms with Gasteiger partial charge in [0.15, 0.2) is 12.0 Å². The molecule has 0 aliphatic heterocycles. The Morgan fingerprint density at radius 2 is 1.78 bits per heavy atom. The molecule has 1 saturated carbocycles. The number of furan rings is 1. The Hall–Kier alpha value is -2.56. The van der Waals surface area contributed by atoms with Gasteiger partial charge in [0, 0.05) is 17.3 Å². The molecular weight excluding hydrogens is 292 g/mol. The fourth-order valence-electron chi connectivity index (χ4n) is 2.89. The lowest BCUT2D eigenvalue weighted by molar-refractivity contribution is 0.110. The Morgan fingerprint density at radius 3 is 2.43 bits per heavy atom. The highest BCUT2D eigenvalue weighted by atomic mass is 16.3. The van der Waals surface area contributed by atoms with Gasteiger partial charge in [-0.2, -0.15) is 0 Å². The van der Waals surface area contributed by atoms with E-state index < -0.39 is 0 Å². The second kappa shape index (κ2) is 7.13. The lowest BCUT2D eigenvalue weighted by Gasteiger charge is -2.22. The molecule has 120 valence electrons. The van der Waals surface area contributed by atoms with Crippen LogP contribution >= 0.6 is 0 Å². The molecule has 0 unspecified atom stereocenters. The van der Waals surface area contributed by atoms with Crippen molar-refractivity contribution in [1.82, 2.24) is 5.32 Å². The van der Waals surface area contributed by atoms with Gasteiger partial charge < -0.3 is 15.1 Å². The number of rotatable bonds is 4. The van der Waals surface area contributed by atoms with Crippen molar-refractivity contribution in [3.63, 3.8) is 0 Å². The number of anilines is 1. The Balaban J connectivity index is 1.58. The van der Waals surface area contributed by atoms with E-state index in [1.54, 1.807) is 12.1 Å². The molecule has 1 aliphatic carbocycles. The third-order valence-corrected chi connectivity index (χ3v) is 4.11. The molecule has 2 N–H and O–H groups in total. The third kappa shape index (κ3) is 4.00. The summed E-state index contributed by atoms with van der Waals surface area (Å²) in [6.45, 7) is 0. The lowest BCUT2D eigenvalue weighted by atomic mass is 9.96. The van der Waals surface area contributed by atoms with Crippen molar-refractivity contribution >= 4 is 18.0 Å². The maximum Gasteiger partial charge on any atom is 0.319 e. The van der Waals surface area contributed by atoms with Crippen LogP contribution in [0.4, 0.5) is 10.5 Å². The van der Waals surface area contributed by atoms with Crippen LogP contribution in [0, 0.1) is 0 Å². The van der Waals surface area contributed by atoms with E-state index in [9.17, 15) is 9.59 Å². The zero-order chi connectivity index (χ0) is 16.1. The van der Waals surface area contributed by atoms with Crippen molar-refractivity contribution < 1.29 is 14.0 Å². The summed E-state index contributed by atoms with van der Waals surface area (Å²) in [5.41, 5.74) is 1.58. The number of hydrogen-bond acceptors (Lipinski definition) is 3. The summed E-state index contributed by atoms with van der Waals surface area (Å²) in [4.78, 5) is 22.6. The third-order valence-electron chi connectivity index (χ3n) is 4.11. The van der Waals surface area contributed by atoms with Crippen LogP contribution in [0.5, 0.6) is 0 Å². The van der Waals surface area contributed by atoms with Crippen molar-refractivity contribution in [2.45, 2.75) is 38.1 Å². The van der Waals surface area contributed by atoms with Crippen molar-refractivity contribution in [2.75, 3.05) is 5.32 Å². The minimum Gasteiger partial charge on any atom is -0.453 e. The van der Waals surface area contributed by atoms with E-state index in [-0.39, 0.29) is 12.1 Å². The van der Waals surface area contributed by atoms with Crippen LogP contribution in [-0.2, 0) is 0 Å². The maximum atomic E-state index is 12.0. The lowest BCUT2D eigenvalue weighted by Crippen LogP contribution is -2.38. The SMILES string of the molecule is O=Cc1ccc(-c2ccc(NC(=O)NC3CCCCC3)cc2)o1. The van der Waals surface area contributed by atoms with E-state index in [1.165, 1.54) is 19.3 Å². The largest absolute Gasteiger partial charge is 0.453 e. The molecule has 1 aromatic heterocycles. The molecule has 0 saturated heterocycles. The van der Waals surface area contributed by atoms with Gasteiger partial charge in [-0.15, -0.1) is 0 Å². The standard InChI is InChI=1S/C18H20N2O3/c21-12-16-10-11-17(23-16)13-6-8-15(9-7-13)20-18(22)19-14-4-2-1-3-5-14/h6-12,14H,1-5H2,(H2,19,20,22). The number of aldehydes is 1. The molecule has 0 atom stereocenters. The van der Waals surface area contributed by atoms with Gasteiger partial charge in [0.05, 0.1) is 0 Å². The van der Waals surface area contributed by atoms with E-state index in [0.29, 0.717) is 17.8 Å². The first kappa shape index (κ1) is 15.3. The quantitative estimate of drug-likeness (QED) is 0.831. The first-order valence-corrected chi connectivity index (χ1v) is 7.97. The van der Waals surface area contributed by atoms with Crippen molar-refractivity contribution in [3.8, 4) is 11.3 Å². The van der Waals surface area contributed by atoms with E-state index in [2.05, 4.69) is 10.6 Å². The molecular formula is C18H20N2O3. The number of carbonyl (C=O) groups is 2. The van der Waals surface area contributed by atoms with Gasteiger partial charge in [-0.25, -0.2) is 4.79 Å². The summed E-state index contributed by atoms with van der Waals surface area (Å²) in [7, 11) is 0. The van der Waals surface area contributed by atoms with Crippen LogP contribution in [0.1, 0.15) is 42.7 Å². The molecule has 5 nitrogen and oxygen atoms in total. The normalized spacial score (nSPS) is 15.1. The molecule has 1 heterocycles. The van der Waals surface area contributed by atoms with Crippen LogP contribution in [0.25, 0.3) is 11.3 Å². The topological polar surface area (TPSA) is 71.3 Å². The molecule has 0 radical (unpaired) electrons. The van der Waals surface area contributed by atoms with Crippen LogP contribution in [-0.4, -0.2) is 18.4 Å². The molecule has 1 aliphatic rings. The molecule has 23 heavy (non-hydrogen) atoms. The summed E-state index contributed by atoms with van der Waals surface area (Å²) in [5, 5.41) is 5.86. The van der Waals surface area contributed by atoms with Gasteiger partial charge >= 0.3 is 6.03 Å². The zero-order valence-electron chi connectivity index (χ0n) is 12.9. The summed E-state index contributed by atoms with van der Waals surface area (Å²) >= 11 is 0. The van der Waals surface area contributed by atoms with Crippen molar-refractivity contribution in [3.05, 3.63) is 42.2 Å². The fourth-order valence-corrected chi connectivity index (χ4v) is 2.89. The van der Waals surface area contributed by atoms with Gasteiger partial charge in [0.1, 0.15) is 5.76 Å². The molecule has 5 heteroatoms. The molecule has 2 aromatic rings. The molecule has 1 fully saturated rings. The average molecular weight is 312 g/mol. The second-order valence-corrected chi connectivity index (χ2v) is 5.83. The summed E-state index contributed by atoms with van der Waals surface area (Å²) < 4.78 is 5.37. The minimum absolute atomic E-state index is 0.161. The van der Waals surface area contributed by atoms with E-state index in [4.69, 9.17) is 4.42 Å². The number of urea groups is 1. The molecule has 1 aromatic carbocycles. The van der Waals surface area contributed by atoms with Gasteiger partial charge in [0.25, 0.3) is 0 Å². The van der Waals surface area contributed by atoms with Crippen LogP contribution in [0.2, 0.25) is 0 Å². The first-order chi connectivity index (χ1) is 11.2. The highest BCUT2D eigenvalue weighted by molar-refractivity contribution is 5.89. The first-order valence-electron chi connectivity index (χ1n) is 7.97. The summed E-state index contributed by atoms with van der Waals surface area (Å²) in [5.74, 6) is 0.930. The predicted octanol–water partition coefficient (Wildman–Crippen LogP) is 4.21. The number of hydrogen-bond donors (Lipinski definition) is 2. The van der Waals surface area contributed by atoms with Gasteiger partial charge in [-0.3, -0.25) is 4.79 Å². The molecule has 0 bridgehead atoms. The predicted molar refractivity (Wildman–Crippen MR) is 88.6 cm³/mol. The highest BCUT2D eigenvalue weighted by Crippen LogP contribution is 2.23. The van der Waals surface area contributed by atoms with E-state index in [1.807, 2.05) is 24.3 Å². The molecule has 2 amide bonds. The molecule has 3 rings (SSSR count). The van der Waals surface area contributed by atoms with E-state index >= 15 is 0 Å². The van der Waals surface area contributed by atoms with Gasteiger partial charge in [-0.05, 0) is 49.2 Å². The fraction of sp³-hybridized carbons (Fsp3) is 0.333. The Kier molecular flexibility index (Phi) is 4.76. The van der Waals surface area contributed by atoms with Crippen molar-refractivity contribution in [2.24, 2.45) is 0 Å². The summed E-state index contributed by atoms with van der Waals surface area (Å²) in [6.07, 6.45) is 6.43. The summed E-state index contributed by atoms with van der Waals surface area (Å²) in [6, 6.07) is 10.8. The van der Waals surface area contributed by atoms with E-state index in [0.717, 1.165) is 24.1 Å². The van der Waals surface area contributed by atoms with Crippen LogP contribution in [0.3, 0.4) is 0 Å². The number of benzene rings is 1. The minimum atomic E-state index is -0.161. The number of amides is 2. The smallest absolute Gasteiger partial charge is 0.319 e. The highest BCUT2D eigenvalue weighted by Gasteiger charge is 2.15. The van der Waals surface area contributed by atoms with Gasteiger partial charge in [-0.1, -0.05) is 19.3 Å².